The van der Waals surface area contributed by atoms with E-state index in [9.17, 15) is 19.8 Å². The summed E-state index contributed by atoms with van der Waals surface area (Å²) in [5.41, 5.74) is -2.79. The van der Waals surface area contributed by atoms with Gasteiger partial charge in [-0.2, -0.15) is 0 Å². The number of aliphatic hydroxyl groups excluding tert-OH is 1. The topological polar surface area (TPSA) is 77.8 Å². The molecule has 4 atom stereocenters. The highest BCUT2D eigenvalue weighted by Gasteiger charge is 2.71. The van der Waals surface area contributed by atoms with Crippen LogP contribution in [0.2, 0.25) is 0 Å². The highest BCUT2D eigenvalue weighted by molar-refractivity contribution is 6.22. The molecule has 0 aromatic heterocycles. The maximum atomic E-state index is 13.0. The van der Waals surface area contributed by atoms with Gasteiger partial charge in [-0.25, -0.2) is 0 Å². The summed E-state index contributed by atoms with van der Waals surface area (Å²) in [6.45, 7) is 5.65. The Morgan fingerprint density at radius 3 is 2.65 bits per heavy atom. The predicted molar refractivity (Wildman–Crippen MR) is 85.9 cm³/mol. The van der Waals surface area contributed by atoms with E-state index in [0.717, 1.165) is 19.4 Å². The Morgan fingerprint density at radius 2 is 2.00 bits per heavy atom. The number of piperidine rings is 2. The van der Waals surface area contributed by atoms with Crippen LogP contribution in [0.3, 0.4) is 0 Å². The molecule has 0 amide bonds. The van der Waals surface area contributed by atoms with Crippen molar-refractivity contribution in [2.45, 2.75) is 51.3 Å². The van der Waals surface area contributed by atoms with Gasteiger partial charge in [0.2, 0.25) is 0 Å². The quantitative estimate of drug-likeness (QED) is 0.351. The Labute approximate surface area is 136 Å². The van der Waals surface area contributed by atoms with Crippen molar-refractivity contribution >= 4 is 11.6 Å². The molecule has 0 radical (unpaired) electrons. The zero-order valence-corrected chi connectivity index (χ0v) is 13.7. The van der Waals surface area contributed by atoms with Crippen LogP contribution >= 0.6 is 0 Å². The summed E-state index contributed by atoms with van der Waals surface area (Å²) in [6, 6.07) is -0.948. The van der Waals surface area contributed by atoms with E-state index >= 15 is 0 Å². The first-order valence-electron chi connectivity index (χ1n) is 8.08. The lowest BCUT2D eigenvalue weighted by Gasteiger charge is -2.58. The van der Waals surface area contributed by atoms with Crippen LogP contribution in [0.4, 0.5) is 0 Å². The molecule has 4 fully saturated rings. The van der Waals surface area contributed by atoms with Gasteiger partial charge in [-0.05, 0) is 46.2 Å². The van der Waals surface area contributed by atoms with Crippen molar-refractivity contribution < 1.29 is 19.8 Å². The molecule has 0 spiro atoms. The number of ketones is 2. The van der Waals surface area contributed by atoms with Crippen molar-refractivity contribution in [3.63, 3.8) is 0 Å². The Morgan fingerprint density at radius 1 is 1.30 bits per heavy atom. The molecule has 0 unspecified atom stereocenters. The minimum absolute atomic E-state index is 0.163. The number of fused-ring (bicyclic) bond motifs is 2. The van der Waals surface area contributed by atoms with Gasteiger partial charge in [0.05, 0.1) is 11.6 Å². The number of allylic oxidation sites excluding steroid dienone is 4. The van der Waals surface area contributed by atoms with Crippen molar-refractivity contribution in [2.75, 3.05) is 6.54 Å². The fourth-order valence-corrected chi connectivity index (χ4v) is 4.55. The normalized spacial score (nSPS) is 43.0. The molecule has 0 aromatic carbocycles. The highest BCUT2D eigenvalue weighted by atomic mass is 16.3. The van der Waals surface area contributed by atoms with Crippen LogP contribution < -0.4 is 0 Å². The molecule has 3 heterocycles. The average Bonchev–Trinajstić information content (AvgIpc) is 2.98. The van der Waals surface area contributed by atoms with Crippen molar-refractivity contribution in [3.8, 4) is 0 Å². The van der Waals surface area contributed by atoms with Gasteiger partial charge in [0.25, 0.3) is 0 Å². The van der Waals surface area contributed by atoms with Crippen LogP contribution in [0.25, 0.3) is 0 Å². The van der Waals surface area contributed by atoms with E-state index < -0.39 is 22.8 Å². The van der Waals surface area contributed by atoms with Gasteiger partial charge in [0, 0.05) is 6.04 Å². The van der Waals surface area contributed by atoms with E-state index in [1.54, 1.807) is 25.2 Å². The van der Waals surface area contributed by atoms with Crippen LogP contribution in [-0.4, -0.2) is 50.9 Å². The maximum Gasteiger partial charge on any atom is 0.181 e. The largest absolute Gasteiger partial charge is 0.507 e. The highest BCUT2D eigenvalue weighted by Crippen LogP contribution is 2.54. The van der Waals surface area contributed by atoms with Crippen LogP contribution in [0.5, 0.6) is 0 Å². The number of aliphatic hydroxyl groups is 2. The van der Waals surface area contributed by atoms with Crippen LogP contribution in [0, 0.1) is 5.41 Å². The number of Topliss-reactive ketones (excluding diaryl/α,β-unsaturated/α-hetero) is 2. The summed E-state index contributed by atoms with van der Waals surface area (Å²) in [5.74, 6) is -0.926. The number of hydrogen-bond acceptors (Lipinski definition) is 5. The van der Waals surface area contributed by atoms with Gasteiger partial charge in [0.1, 0.15) is 16.8 Å². The standard InChI is InChI=1S/C18H23NO4/c1-4-5-6-8-11(20)13-14-18(3,23)16(22)17(2,15(13)21)12-9-7-10-19(12)14/h4-6,8,12,14,20,23H,7,9-10H2,1-3H3/b5-4+,8-6+,13-11?/t12-,14+,17-,18+/m1/s1. The molecule has 2 N–H and O–H groups in total. The van der Waals surface area contributed by atoms with Crippen molar-refractivity contribution in [2.24, 2.45) is 5.41 Å². The second-order valence-corrected chi connectivity index (χ2v) is 6.99. The third-order valence-electron chi connectivity index (χ3n) is 5.58. The van der Waals surface area contributed by atoms with Gasteiger partial charge in [-0.1, -0.05) is 18.2 Å². The fourth-order valence-electron chi connectivity index (χ4n) is 4.55. The summed E-state index contributed by atoms with van der Waals surface area (Å²) in [6.07, 6.45) is 8.28. The molecular formula is C18H23NO4. The third-order valence-corrected chi connectivity index (χ3v) is 5.58. The lowest BCUT2D eigenvalue weighted by molar-refractivity contribution is -0.180. The van der Waals surface area contributed by atoms with Gasteiger partial charge >= 0.3 is 0 Å². The van der Waals surface area contributed by atoms with Crippen molar-refractivity contribution in [1.29, 1.82) is 0 Å². The smallest absolute Gasteiger partial charge is 0.181 e. The molecule has 124 valence electrons. The number of carbonyl (C=O) groups excluding carboxylic acids is 2. The molecule has 3 aliphatic heterocycles. The predicted octanol–water partition coefficient (Wildman–Crippen LogP) is 1.69. The van der Waals surface area contributed by atoms with E-state index in [1.165, 1.54) is 13.0 Å². The van der Waals surface area contributed by atoms with E-state index in [0.29, 0.717) is 0 Å². The van der Waals surface area contributed by atoms with Gasteiger partial charge < -0.3 is 10.2 Å². The van der Waals surface area contributed by atoms with Crippen molar-refractivity contribution in [3.05, 3.63) is 35.6 Å². The van der Waals surface area contributed by atoms with E-state index in [2.05, 4.69) is 0 Å². The summed E-state index contributed by atoms with van der Waals surface area (Å²) < 4.78 is 0. The second kappa shape index (κ2) is 5.14. The van der Waals surface area contributed by atoms with Gasteiger partial charge in [-0.15, -0.1) is 0 Å². The lowest BCUT2D eigenvalue weighted by Crippen LogP contribution is -2.77. The number of hydrogen-bond donors (Lipinski definition) is 2. The molecule has 23 heavy (non-hydrogen) atoms. The van der Waals surface area contributed by atoms with Crippen molar-refractivity contribution in [1.82, 2.24) is 4.90 Å². The molecule has 1 aliphatic carbocycles. The molecule has 2 bridgehead atoms. The summed E-state index contributed by atoms with van der Waals surface area (Å²) in [4.78, 5) is 27.8. The minimum Gasteiger partial charge on any atom is -0.507 e. The van der Waals surface area contributed by atoms with E-state index in [-0.39, 0.29) is 23.2 Å². The Bertz CT molecular complexity index is 658. The summed E-state index contributed by atoms with van der Waals surface area (Å²) in [5, 5.41) is 21.3. The molecule has 4 rings (SSSR count). The molecule has 5 heteroatoms. The molecule has 5 nitrogen and oxygen atoms in total. The monoisotopic (exact) mass is 317 g/mol. The zero-order valence-electron chi connectivity index (χ0n) is 13.7. The first-order chi connectivity index (χ1) is 10.8. The first kappa shape index (κ1) is 16.1. The Balaban J connectivity index is 2.19. The molecule has 0 aromatic rings. The Kier molecular flexibility index (Phi) is 3.61. The number of carbonyl (C=O) groups is 2. The zero-order chi connectivity index (χ0) is 17.0. The molecule has 1 saturated carbocycles. The average molecular weight is 317 g/mol. The fraction of sp³-hybridized carbons (Fsp3) is 0.556. The SMILES string of the molecule is C/C=C/C=C/C(O)=C1C(=O)[C@]2(C)C(=O)[C@@](C)(O)[C@H]1N1CCC[C@@H]12. The summed E-state index contributed by atoms with van der Waals surface area (Å²) >= 11 is 0. The first-order valence-corrected chi connectivity index (χ1v) is 8.08. The van der Waals surface area contributed by atoms with E-state index in [4.69, 9.17) is 0 Å². The Hall–Kier alpha value is -1.72. The van der Waals surface area contributed by atoms with Crippen LogP contribution in [-0.2, 0) is 9.59 Å². The molecule has 3 saturated heterocycles. The van der Waals surface area contributed by atoms with E-state index in [1.807, 2.05) is 11.8 Å². The van der Waals surface area contributed by atoms with Gasteiger partial charge in [-0.3, -0.25) is 14.5 Å². The third kappa shape index (κ3) is 1.93. The maximum absolute atomic E-state index is 13.0. The molecular weight excluding hydrogens is 294 g/mol. The summed E-state index contributed by atoms with van der Waals surface area (Å²) in [7, 11) is 0. The second-order valence-electron chi connectivity index (χ2n) is 6.99. The minimum atomic E-state index is -1.67. The number of rotatable bonds is 2. The number of nitrogens with zero attached hydrogens (tertiary/aromatic N) is 1. The van der Waals surface area contributed by atoms with Crippen LogP contribution in [0.15, 0.2) is 35.6 Å². The van der Waals surface area contributed by atoms with Gasteiger partial charge in [0.15, 0.2) is 11.6 Å². The molecule has 4 aliphatic rings. The lowest BCUT2D eigenvalue weighted by atomic mass is 9.55. The van der Waals surface area contributed by atoms with Crippen LogP contribution in [0.1, 0.15) is 33.6 Å².